The van der Waals surface area contributed by atoms with Gasteiger partial charge in [0.25, 0.3) is 0 Å². The highest BCUT2D eigenvalue weighted by Crippen LogP contribution is 2.35. The van der Waals surface area contributed by atoms with Gasteiger partial charge >= 0.3 is 0 Å². The number of aromatic nitrogens is 6. The van der Waals surface area contributed by atoms with Crippen molar-refractivity contribution in [3.05, 3.63) is 78.3 Å². The van der Waals surface area contributed by atoms with Crippen LogP contribution in [0.2, 0.25) is 0 Å². The Morgan fingerprint density at radius 3 is 2.67 bits per heavy atom. The number of H-pyrrole nitrogens is 2. The lowest BCUT2D eigenvalue weighted by atomic mass is 9.85. The summed E-state index contributed by atoms with van der Waals surface area (Å²) in [6, 6.07) is 11.0. The van der Waals surface area contributed by atoms with Crippen LogP contribution in [0.1, 0.15) is 24.8 Å². The molecule has 0 spiro atoms. The minimum atomic E-state index is -3.23. The highest BCUT2D eigenvalue weighted by Gasteiger charge is 2.25. The van der Waals surface area contributed by atoms with Crippen LogP contribution in [0.25, 0.3) is 55.8 Å². The Hall–Kier alpha value is -5.04. The van der Waals surface area contributed by atoms with Gasteiger partial charge in [0.05, 0.1) is 23.2 Å². The molecule has 13 heteroatoms. The number of anilines is 1. The van der Waals surface area contributed by atoms with Crippen molar-refractivity contribution in [2.75, 3.05) is 17.3 Å². The molecule has 228 valence electrons. The molecular formula is C32H27F2N7O3S. The van der Waals surface area contributed by atoms with Gasteiger partial charge < -0.3 is 10.3 Å². The highest BCUT2D eigenvalue weighted by atomic mass is 32.2. The Morgan fingerprint density at radius 1 is 1.04 bits per heavy atom. The molecule has 4 heterocycles. The van der Waals surface area contributed by atoms with Crippen LogP contribution in [0.15, 0.2) is 61.1 Å². The summed E-state index contributed by atoms with van der Waals surface area (Å²) >= 11 is 0. The molecule has 0 radical (unpaired) electrons. The molecule has 1 aliphatic carbocycles. The van der Waals surface area contributed by atoms with Crippen LogP contribution < -0.4 is 5.32 Å². The zero-order valence-electron chi connectivity index (χ0n) is 24.1. The molecule has 10 nitrogen and oxygen atoms in total. The summed E-state index contributed by atoms with van der Waals surface area (Å²) in [6.45, 7) is 0. The van der Waals surface area contributed by atoms with Crippen LogP contribution in [0.3, 0.4) is 0 Å². The van der Waals surface area contributed by atoms with E-state index in [2.05, 4.69) is 35.5 Å². The lowest BCUT2D eigenvalue weighted by molar-refractivity contribution is -0.122. The number of sulfone groups is 1. The molecule has 45 heavy (non-hydrogen) atoms. The Kier molecular flexibility index (Phi) is 7.11. The van der Waals surface area contributed by atoms with Gasteiger partial charge in [0.2, 0.25) is 5.91 Å². The van der Waals surface area contributed by atoms with E-state index >= 15 is 4.39 Å². The number of nitrogens with zero attached hydrogens (tertiary/aromatic N) is 4. The normalized spacial score (nSPS) is 13.8. The Morgan fingerprint density at radius 2 is 1.89 bits per heavy atom. The summed E-state index contributed by atoms with van der Waals surface area (Å²) in [5.74, 6) is -0.832. The van der Waals surface area contributed by atoms with E-state index < -0.39 is 21.5 Å². The molecule has 0 atom stereocenters. The number of hydrogen-bond donors (Lipinski definition) is 3. The molecule has 0 unspecified atom stereocenters. The number of carbonyl (C=O) groups is 1. The highest BCUT2D eigenvalue weighted by molar-refractivity contribution is 7.90. The first kappa shape index (κ1) is 28.7. The van der Waals surface area contributed by atoms with Crippen molar-refractivity contribution in [2.45, 2.75) is 25.7 Å². The zero-order chi connectivity index (χ0) is 31.3. The number of benzene rings is 2. The van der Waals surface area contributed by atoms with E-state index in [1.165, 1.54) is 18.2 Å². The molecule has 4 aromatic heterocycles. The summed E-state index contributed by atoms with van der Waals surface area (Å²) in [5.41, 5.74) is 4.77. The number of halogens is 2. The van der Waals surface area contributed by atoms with Crippen molar-refractivity contribution in [3.63, 3.8) is 0 Å². The summed E-state index contributed by atoms with van der Waals surface area (Å²) in [4.78, 5) is 28.9. The molecule has 3 N–H and O–H groups in total. The SMILES string of the molecule is CS(=O)(=O)CCc1cc(F)cc(-c2ccnc3nc(-c4[nH]nc5c(F)cc(-c6cncc(NC(=O)C7CCC7)c6)cc45)[nH]c23)c1. The lowest BCUT2D eigenvalue weighted by Gasteiger charge is -2.24. The van der Waals surface area contributed by atoms with Crippen molar-refractivity contribution < 1.29 is 22.0 Å². The summed E-state index contributed by atoms with van der Waals surface area (Å²) in [7, 11) is -3.23. The van der Waals surface area contributed by atoms with Gasteiger partial charge in [-0.15, -0.1) is 0 Å². The molecule has 1 amide bonds. The fourth-order valence-electron chi connectivity index (χ4n) is 5.53. The van der Waals surface area contributed by atoms with Crippen molar-refractivity contribution in [2.24, 2.45) is 5.92 Å². The maximum Gasteiger partial charge on any atom is 0.227 e. The maximum atomic E-state index is 15.3. The van der Waals surface area contributed by atoms with Crippen LogP contribution in [0, 0.1) is 17.6 Å². The van der Waals surface area contributed by atoms with Crippen LogP contribution in [0.5, 0.6) is 0 Å². The third kappa shape index (κ3) is 5.78. The molecule has 1 aliphatic rings. The van der Waals surface area contributed by atoms with Crippen LogP contribution >= 0.6 is 0 Å². The number of aryl methyl sites for hydroxylation is 1. The van der Waals surface area contributed by atoms with E-state index in [-0.39, 0.29) is 29.5 Å². The summed E-state index contributed by atoms with van der Waals surface area (Å²) < 4.78 is 53.3. The van der Waals surface area contributed by atoms with E-state index in [0.29, 0.717) is 61.6 Å². The fraction of sp³-hybridized carbons (Fsp3) is 0.219. The molecule has 0 aliphatic heterocycles. The molecule has 1 fully saturated rings. The van der Waals surface area contributed by atoms with Gasteiger partial charge in [0, 0.05) is 41.1 Å². The second-order valence-electron chi connectivity index (χ2n) is 11.4. The van der Waals surface area contributed by atoms with E-state index in [4.69, 9.17) is 0 Å². The first-order valence-electron chi connectivity index (χ1n) is 14.4. The van der Waals surface area contributed by atoms with Crippen LogP contribution in [0.4, 0.5) is 14.5 Å². The largest absolute Gasteiger partial charge is 0.335 e. The number of amides is 1. The van der Waals surface area contributed by atoms with Gasteiger partial charge in [0.15, 0.2) is 17.3 Å². The monoisotopic (exact) mass is 627 g/mol. The Balaban J connectivity index is 1.26. The number of imidazole rings is 1. The van der Waals surface area contributed by atoms with Gasteiger partial charge in [-0.3, -0.25) is 14.9 Å². The first-order valence-corrected chi connectivity index (χ1v) is 16.4. The van der Waals surface area contributed by atoms with Gasteiger partial charge in [-0.05, 0) is 72.4 Å². The predicted molar refractivity (Wildman–Crippen MR) is 167 cm³/mol. The fourth-order valence-corrected chi connectivity index (χ4v) is 6.13. The van der Waals surface area contributed by atoms with E-state index in [9.17, 15) is 17.6 Å². The minimum Gasteiger partial charge on any atom is -0.335 e. The second kappa shape index (κ2) is 11.1. The number of fused-ring (bicyclic) bond motifs is 2. The van der Waals surface area contributed by atoms with Crippen LogP contribution in [-0.2, 0) is 21.1 Å². The number of carbonyl (C=O) groups excluding carboxylic acids is 1. The van der Waals surface area contributed by atoms with E-state index in [1.54, 1.807) is 42.9 Å². The van der Waals surface area contributed by atoms with Gasteiger partial charge in [-0.2, -0.15) is 5.10 Å². The van der Waals surface area contributed by atoms with E-state index in [0.717, 1.165) is 25.5 Å². The van der Waals surface area contributed by atoms with E-state index in [1.807, 2.05) is 0 Å². The smallest absolute Gasteiger partial charge is 0.227 e. The molecule has 6 aromatic rings. The number of nitrogens with one attached hydrogen (secondary N) is 3. The zero-order valence-corrected chi connectivity index (χ0v) is 24.9. The number of pyridine rings is 2. The lowest BCUT2D eigenvalue weighted by Crippen LogP contribution is -2.28. The van der Waals surface area contributed by atoms with Gasteiger partial charge in [-0.1, -0.05) is 12.5 Å². The standard InChI is InChI=1S/C32H27F2N7O3S/c1-45(43,44)8-6-17-9-20(11-22(33)10-17)24-5-7-36-30-28(24)38-31(39-30)29-25-13-19(14-26(34)27(25)40-41-29)21-12-23(16-35-15-21)37-32(42)18-3-2-4-18/h5,7,9-16,18H,2-4,6,8H2,1H3,(H,37,42)(H,40,41)(H,36,38,39). The van der Waals surface area contributed by atoms with Crippen LogP contribution in [-0.4, -0.2) is 56.5 Å². The maximum absolute atomic E-state index is 15.3. The second-order valence-corrected chi connectivity index (χ2v) is 13.7. The van der Waals surface area contributed by atoms with Crippen molar-refractivity contribution in [1.29, 1.82) is 0 Å². The van der Waals surface area contributed by atoms with Crippen molar-refractivity contribution in [3.8, 4) is 33.8 Å². The number of rotatable bonds is 8. The molecule has 2 aromatic carbocycles. The first-order chi connectivity index (χ1) is 21.6. The predicted octanol–water partition coefficient (Wildman–Crippen LogP) is 5.83. The van der Waals surface area contributed by atoms with Gasteiger partial charge in [-0.25, -0.2) is 27.2 Å². The Labute approximate surface area is 256 Å². The molecule has 0 bridgehead atoms. The molecule has 7 rings (SSSR count). The van der Waals surface area contributed by atoms with Gasteiger partial charge in [0.1, 0.15) is 26.9 Å². The third-order valence-electron chi connectivity index (χ3n) is 8.09. The molecule has 0 saturated heterocycles. The summed E-state index contributed by atoms with van der Waals surface area (Å²) in [6.07, 6.45) is 8.81. The topological polar surface area (TPSA) is 146 Å². The summed E-state index contributed by atoms with van der Waals surface area (Å²) in [5, 5.41) is 10.4. The number of hydrogen-bond acceptors (Lipinski definition) is 7. The quantitative estimate of drug-likeness (QED) is 0.192. The van der Waals surface area contributed by atoms with Crippen molar-refractivity contribution >= 4 is 43.5 Å². The average molecular weight is 628 g/mol. The average Bonchev–Trinajstić information content (AvgIpc) is 3.59. The van der Waals surface area contributed by atoms with Crippen molar-refractivity contribution in [1.82, 2.24) is 30.1 Å². The Bertz CT molecular complexity index is 2230. The molecule has 1 saturated carbocycles. The number of aromatic amines is 2. The minimum absolute atomic E-state index is 0.0117. The molecular weight excluding hydrogens is 600 g/mol. The third-order valence-corrected chi connectivity index (χ3v) is 9.03.